The standard InChI is InChI=1S/C7H10O/c1-7-5-3-2-4-6(7)8-7/h2-3,6H,4-5H2,1H3/t6-,7-/m0/s1. The van der Waals surface area contributed by atoms with Crippen LogP contribution in [0, 0.1) is 0 Å². The summed E-state index contributed by atoms with van der Waals surface area (Å²) < 4.78 is 5.40. The van der Waals surface area contributed by atoms with Crippen LogP contribution in [0.1, 0.15) is 19.8 Å². The molecule has 2 aliphatic rings. The van der Waals surface area contributed by atoms with Crippen molar-refractivity contribution in [2.75, 3.05) is 0 Å². The fourth-order valence-corrected chi connectivity index (χ4v) is 1.31. The summed E-state index contributed by atoms with van der Waals surface area (Å²) in [5.74, 6) is 0. The molecule has 1 fully saturated rings. The van der Waals surface area contributed by atoms with Crippen LogP contribution in [0.5, 0.6) is 0 Å². The Hall–Kier alpha value is -0.300. The molecule has 0 aromatic carbocycles. The molecule has 0 aromatic rings. The lowest BCUT2D eigenvalue weighted by atomic mass is 9.97. The van der Waals surface area contributed by atoms with Gasteiger partial charge in [0.05, 0.1) is 11.7 Å². The third kappa shape index (κ3) is 0.451. The quantitative estimate of drug-likeness (QED) is 0.340. The zero-order chi connectivity index (χ0) is 5.61. The second-order valence-electron chi connectivity index (χ2n) is 2.83. The normalized spacial score (nSPS) is 50.9. The van der Waals surface area contributed by atoms with Gasteiger partial charge in [0.2, 0.25) is 0 Å². The summed E-state index contributed by atoms with van der Waals surface area (Å²) in [7, 11) is 0. The van der Waals surface area contributed by atoms with E-state index in [1.54, 1.807) is 0 Å². The van der Waals surface area contributed by atoms with E-state index in [0.717, 1.165) is 12.8 Å². The SMILES string of the molecule is C[C@]12CC=CC[C@@H]1O2. The summed E-state index contributed by atoms with van der Waals surface area (Å²) in [6.45, 7) is 2.18. The first-order valence-corrected chi connectivity index (χ1v) is 3.14. The van der Waals surface area contributed by atoms with Crippen LogP contribution in [0.4, 0.5) is 0 Å². The average molecular weight is 110 g/mol. The maximum atomic E-state index is 5.40. The van der Waals surface area contributed by atoms with Crippen molar-refractivity contribution in [2.24, 2.45) is 0 Å². The number of epoxide rings is 1. The summed E-state index contributed by atoms with van der Waals surface area (Å²) in [6, 6.07) is 0. The zero-order valence-electron chi connectivity index (χ0n) is 5.05. The molecule has 0 unspecified atom stereocenters. The van der Waals surface area contributed by atoms with Crippen LogP contribution in [-0.2, 0) is 4.74 Å². The van der Waals surface area contributed by atoms with Gasteiger partial charge in [0.1, 0.15) is 0 Å². The van der Waals surface area contributed by atoms with E-state index < -0.39 is 0 Å². The molecule has 1 aliphatic carbocycles. The van der Waals surface area contributed by atoms with Gasteiger partial charge in [-0.3, -0.25) is 0 Å². The van der Waals surface area contributed by atoms with Gasteiger partial charge in [0.25, 0.3) is 0 Å². The third-order valence-electron chi connectivity index (χ3n) is 2.08. The first-order valence-electron chi connectivity index (χ1n) is 3.14. The van der Waals surface area contributed by atoms with E-state index in [4.69, 9.17) is 4.74 Å². The predicted molar refractivity (Wildman–Crippen MR) is 31.7 cm³/mol. The van der Waals surface area contributed by atoms with Gasteiger partial charge in [-0.1, -0.05) is 12.2 Å². The Kier molecular flexibility index (Phi) is 0.662. The Morgan fingerprint density at radius 2 is 2.50 bits per heavy atom. The monoisotopic (exact) mass is 110 g/mol. The van der Waals surface area contributed by atoms with Crippen molar-refractivity contribution in [1.82, 2.24) is 0 Å². The number of ether oxygens (including phenoxy) is 1. The smallest absolute Gasteiger partial charge is 0.0957 e. The highest BCUT2D eigenvalue weighted by Crippen LogP contribution is 2.44. The summed E-state index contributed by atoms with van der Waals surface area (Å²) in [5.41, 5.74) is 0.259. The Bertz CT molecular complexity index is 139. The van der Waals surface area contributed by atoms with Gasteiger partial charge in [0, 0.05) is 0 Å². The van der Waals surface area contributed by atoms with E-state index in [1.807, 2.05) is 0 Å². The van der Waals surface area contributed by atoms with Gasteiger partial charge in [-0.15, -0.1) is 0 Å². The van der Waals surface area contributed by atoms with E-state index >= 15 is 0 Å². The highest BCUT2D eigenvalue weighted by molar-refractivity contribution is 5.11. The van der Waals surface area contributed by atoms with Crippen LogP contribution in [-0.4, -0.2) is 11.7 Å². The molecule has 44 valence electrons. The molecule has 1 heteroatoms. The van der Waals surface area contributed by atoms with Crippen LogP contribution in [0.2, 0.25) is 0 Å². The highest BCUT2D eigenvalue weighted by atomic mass is 16.6. The zero-order valence-corrected chi connectivity index (χ0v) is 5.05. The van der Waals surface area contributed by atoms with Crippen LogP contribution < -0.4 is 0 Å². The van der Waals surface area contributed by atoms with Gasteiger partial charge in [-0.2, -0.15) is 0 Å². The van der Waals surface area contributed by atoms with Gasteiger partial charge in [-0.05, 0) is 19.8 Å². The van der Waals surface area contributed by atoms with Gasteiger partial charge >= 0.3 is 0 Å². The van der Waals surface area contributed by atoms with Gasteiger partial charge in [-0.25, -0.2) is 0 Å². The Morgan fingerprint density at radius 1 is 1.62 bits per heavy atom. The van der Waals surface area contributed by atoms with Crippen LogP contribution in [0.3, 0.4) is 0 Å². The summed E-state index contributed by atoms with van der Waals surface area (Å²) in [5, 5.41) is 0. The van der Waals surface area contributed by atoms with Gasteiger partial charge < -0.3 is 4.74 Å². The second-order valence-corrected chi connectivity index (χ2v) is 2.83. The van der Waals surface area contributed by atoms with Crippen LogP contribution in [0.25, 0.3) is 0 Å². The molecular weight excluding hydrogens is 100 g/mol. The highest BCUT2D eigenvalue weighted by Gasteiger charge is 2.51. The van der Waals surface area contributed by atoms with Crippen molar-refractivity contribution in [3.63, 3.8) is 0 Å². The molecular formula is C7H10O. The van der Waals surface area contributed by atoms with Gasteiger partial charge in [0.15, 0.2) is 0 Å². The van der Waals surface area contributed by atoms with Crippen LogP contribution >= 0.6 is 0 Å². The molecule has 1 nitrogen and oxygen atoms in total. The molecule has 0 aromatic heterocycles. The Labute approximate surface area is 49.3 Å². The van der Waals surface area contributed by atoms with E-state index in [1.165, 1.54) is 0 Å². The molecule has 2 atom stereocenters. The van der Waals surface area contributed by atoms with Crippen molar-refractivity contribution >= 4 is 0 Å². The molecule has 1 heterocycles. The minimum atomic E-state index is 0.259. The lowest BCUT2D eigenvalue weighted by Gasteiger charge is -2.03. The van der Waals surface area contributed by atoms with Crippen molar-refractivity contribution in [3.8, 4) is 0 Å². The molecule has 0 amide bonds. The number of hydrogen-bond donors (Lipinski definition) is 0. The van der Waals surface area contributed by atoms with E-state index in [2.05, 4.69) is 19.1 Å². The average Bonchev–Trinajstić information content (AvgIpc) is 2.39. The maximum absolute atomic E-state index is 5.40. The maximum Gasteiger partial charge on any atom is 0.0957 e. The summed E-state index contributed by atoms with van der Waals surface area (Å²) in [4.78, 5) is 0. The second kappa shape index (κ2) is 1.16. The summed E-state index contributed by atoms with van der Waals surface area (Å²) >= 11 is 0. The molecule has 0 radical (unpaired) electrons. The van der Waals surface area contributed by atoms with Crippen molar-refractivity contribution in [3.05, 3.63) is 12.2 Å². The third-order valence-corrected chi connectivity index (χ3v) is 2.08. The molecule has 1 aliphatic heterocycles. The van der Waals surface area contributed by atoms with E-state index in [0.29, 0.717) is 6.10 Å². The molecule has 0 spiro atoms. The lowest BCUT2D eigenvalue weighted by Crippen LogP contribution is -2.10. The first-order chi connectivity index (χ1) is 3.81. The van der Waals surface area contributed by atoms with E-state index in [-0.39, 0.29) is 5.60 Å². The van der Waals surface area contributed by atoms with Crippen molar-refractivity contribution in [2.45, 2.75) is 31.5 Å². The number of rotatable bonds is 0. The molecule has 8 heavy (non-hydrogen) atoms. The summed E-state index contributed by atoms with van der Waals surface area (Å²) in [6.07, 6.45) is 7.24. The predicted octanol–water partition coefficient (Wildman–Crippen LogP) is 1.49. The van der Waals surface area contributed by atoms with Crippen LogP contribution in [0.15, 0.2) is 12.2 Å². The van der Waals surface area contributed by atoms with Crippen molar-refractivity contribution < 1.29 is 4.74 Å². The fourth-order valence-electron chi connectivity index (χ4n) is 1.31. The van der Waals surface area contributed by atoms with E-state index in [9.17, 15) is 0 Å². The minimum absolute atomic E-state index is 0.259. The number of fused-ring (bicyclic) bond motifs is 1. The largest absolute Gasteiger partial charge is 0.366 e. The molecule has 0 saturated carbocycles. The Balaban J connectivity index is 2.17. The first kappa shape index (κ1) is 4.57. The Morgan fingerprint density at radius 3 is 3.00 bits per heavy atom. The molecule has 1 saturated heterocycles. The molecule has 0 bridgehead atoms. The molecule has 2 rings (SSSR count). The number of hydrogen-bond acceptors (Lipinski definition) is 1. The topological polar surface area (TPSA) is 12.5 Å². The molecule has 0 N–H and O–H groups in total. The fraction of sp³-hybridized carbons (Fsp3) is 0.714. The van der Waals surface area contributed by atoms with Crippen molar-refractivity contribution in [1.29, 1.82) is 0 Å². The lowest BCUT2D eigenvalue weighted by molar-refractivity contribution is 0.314. The minimum Gasteiger partial charge on any atom is -0.366 e.